The summed E-state index contributed by atoms with van der Waals surface area (Å²) in [6, 6.07) is 14.7. The Morgan fingerprint density at radius 3 is 2.43 bits per heavy atom. The largest absolute Gasteiger partial charge is 0.490 e. The maximum atomic E-state index is 13.0. The van der Waals surface area contributed by atoms with E-state index in [4.69, 9.17) is 16.3 Å². The van der Waals surface area contributed by atoms with Crippen LogP contribution in [0.15, 0.2) is 47.4 Å². The van der Waals surface area contributed by atoms with Crippen LogP contribution in [0.3, 0.4) is 0 Å². The van der Waals surface area contributed by atoms with Crippen LogP contribution in [0.5, 0.6) is 5.75 Å². The molecule has 0 saturated heterocycles. The van der Waals surface area contributed by atoms with E-state index < -0.39 is 5.41 Å². The predicted molar refractivity (Wildman–Crippen MR) is 126 cm³/mol. The van der Waals surface area contributed by atoms with E-state index in [1.165, 1.54) is 29.7 Å². The first-order valence-corrected chi connectivity index (χ1v) is 12.1. The second kappa shape index (κ2) is 8.47. The molecule has 0 unspecified atom stereocenters. The van der Waals surface area contributed by atoms with Crippen molar-refractivity contribution in [2.45, 2.75) is 62.5 Å². The third-order valence-electron chi connectivity index (χ3n) is 6.29. The Hall–Kier alpha value is -1.65. The number of benzene rings is 2. The third kappa shape index (κ3) is 4.09. The summed E-state index contributed by atoms with van der Waals surface area (Å²) in [5.74, 6) is 0.953. The second-order valence-corrected chi connectivity index (χ2v) is 10.9. The molecule has 0 N–H and O–H groups in total. The molecule has 1 fully saturated rings. The predicted octanol–water partition coefficient (Wildman–Crippen LogP) is 7.06. The van der Waals surface area contributed by atoms with Gasteiger partial charge in [0, 0.05) is 21.2 Å². The Labute approximate surface area is 189 Å². The van der Waals surface area contributed by atoms with Crippen molar-refractivity contribution in [3.05, 3.63) is 53.1 Å². The Bertz CT molecular complexity index is 919. The smallest absolute Gasteiger partial charge is 0.236 e. The number of thioether (sulfide) groups is 1. The maximum absolute atomic E-state index is 13.0. The van der Waals surface area contributed by atoms with Crippen molar-refractivity contribution in [1.29, 1.82) is 0 Å². The maximum Gasteiger partial charge on any atom is 0.236 e. The molecule has 0 bridgehead atoms. The lowest BCUT2D eigenvalue weighted by Crippen LogP contribution is -2.42. The first-order chi connectivity index (χ1) is 14.3. The number of carbonyl (C=O) groups is 1. The molecule has 1 aliphatic carbocycles. The standard InChI is InChI=1S/C25H30ClNO2S/c1-4-27-21-13-8-18(16-22(21)29-17-24(2,3)23(27)28)25(14-6-5-7-15-25)30-20-11-9-19(26)10-12-20/h8-13,16H,4-7,14-15,17H2,1-3H3. The first kappa shape index (κ1) is 21.6. The summed E-state index contributed by atoms with van der Waals surface area (Å²) in [4.78, 5) is 16.1. The SMILES string of the molecule is CCN1C(=O)C(C)(C)COc2cc(C3(Sc4ccc(Cl)cc4)CCCCC3)ccc21. The molecule has 3 nitrogen and oxygen atoms in total. The first-order valence-electron chi connectivity index (χ1n) is 10.9. The van der Waals surface area contributed by atoms with Crippen molar-refractivity contribution >= 4 is 35.0 Å². The molecule has 4 rings (SSSR count). The second-order valence-electron chi connectivity index (χ2n) is 9.02. The number of carbonyl (C=O) groups excluding carboxylic acids is 1. The number of rotatable bonds is 4. The summed E-state index contributed by atoms with van der Waals surface area (Å²) < 4.78 is 6.24. The van der Waals surface area contributed by atoms with E-state index in [0.29, 0.717) is 13.2 Å². The fraction of sp³-hybridized carbons (Fsp3) is 0.480. The van der Waals surface area contributed by atoms with Gasteiger partial charge in [-0.3, -0.25) is 4.79 Å². The molecule has 0 radical (unpaired) electrons. The average Bonchev–Trinajstić information content (AvgIpc) is 2.84. The molecule has 2 aromatic rings. The van der Waals surface area contributed by atoms with Crippen LogP contribution < -0.4 is 9.64 Å². The van der Waals surface area contributed by atoms with Gasteiger partial charge in [-0.15, -0.1) is 11.8 Å². The van der Waals surface area contributed by atoms with Gasteiger partial charge in [0.15, 0.2) is 0 Å². The van der Waals surface area contributed by atoms with Crippen LogP contribution in [0.2, 0.25) is 5.02 Å². The lowest BCUT2D eigenvalue weighted by Gasteiger charge is -2.38. The highest BCUT2D eigenvalue weighted by Gasteiger charge is 2.39. The molecule has 5 heteroatoms. The van der Waals surface area contributed by atoms with Gasteiger partial charge in [-0.1, -0.05) is 36.9 Å². The van der Waals surface area contributed by atoms with Crippen LogP contribution in [-0.4, -0.2) is 19.1 Å². The average molecular weight is 444 g/mol. The van der Waals surface area contributed by atoms with E-state index in [0.717, 1.165) is 29.3 Å². The lowest BCUT2D eigenvalue weighted by atomic mass is 9.83. The number of anilines is 1. The van der Waals surface area contributed by atoms with Crippen molar-refractivity contribution in [2.75, 3.05) is 18.1 Å². The quantitative estimate of drug-likeness (QED) is 0.506. The Kier molecular flexibility index (Phi) is 6.09. The van der Waals surface area contributed by atoms with Gasteiger partial charge in [0.1, 0.15) is 12.4 Å². The third-order valence-corrected chi connectivity index (χ3v) is 8.09. The summed E-state index contributed by atoms with van der Waals surface area (Å²) in [7, 11) is 0. The number of fused-ring (bicyclic) bond motifs is 1. The molecule has 160 valence electrons. The van der Waals surface area contributed by atoms with Gasteiger partial charge < -0.3 is 9.64 Å². The monoisotopic (exact) mass is 443 g/mol. The number of hydrogen-bond donors (Lipinski definition) is 0. The van der Waals surface area contributed by atoms with Crippen molar-refractivity contribution in [2.24, 2.45) is 5.41 Å². The van der Waals surface area contributed by atoms with Gasteiger partial charge >= 0.3 is 0 Å². The molecule has 1 saturated carbocycles. The van der Waals surface area contributed by atoms with Crippen molar-refractivity contribution in [3.8, 4) is 5.75 Å². The van der Waals surface area contributed by atoms with Gasteiger partial charge in [-0.25, -0.2) is 0 Å². The Morgan fingerprint density at radius 1 is 1.07 bits per heavy atom. The Morgan fingerprint density at radius 2 is 1.77 bits per heavy atom. The van der Waals surface area contributed by atoms with Gasteiger partial charge in [0.2, 0.25) is 5.91 Å². The molecule has 30 heavy (non-hydrogen) atoms. The van der Waals surface area contributed by atoms with Crippen molar-refractivity contribution < 1.29 is 9.53 Å². The van der Waals surface area contributed by atoms with E-state index in [1.807, 2.05) is 49.6 Å². The number of hydrogen-bond acceptors (Lipinski definition) is 3. The minimum atomic E-state index is -0.532. The van der Waals surface area contributed by atoms with Crippen LogP contribution in [0.25, 0.3) is 0 Å². The van der Waals surface area contributed by atoms with Gasteiger partial charge in [-0.2, -0.15) is 0 Å². The van der Waals surface area contributed by atoms with Gasteiger partial charge in [-0.05, 0) is 75.6 Å². The number of ether oxygens (including phenoxy) is 1. The lowest BCUT2D eigenvalue weighted by molar-refractivity contribution is -0.127. The molecule has 2 aliphatic rings. The summed E-state index contributed by atoms with van der Waals surface area (Å²) >= 11 is 8.05. The Balaban J connectivity index is 1.73. The topological polar surface area (TPSA) is 29.5 Å². The fourth-order valence-electron chi connectivity index (χ4n) is 4.55. The molecule has 2 aromatic carbocycles. The summed E-state index contributed by atoms with van der Waals surface area (Å²) in [5, 5.41) is 0.766. The van der Waals surface area contributed by atoms with Crippen LogP contribution in [0.4, 0.5) is 5.69 Å². The van der Waals surface area contributed by atoms with E-state index >= 15 is 0 Å². The molecule has 1 heterocycles. The molecule has 0 aromatic heterocycles. The molecular formula is C25H30ClNO2S. The van der Waals surface area contributed by atoms with E-state index in [9.17, 15) is 4.79 Å². The van der Waals surface area contributed by atoms with Crippen LogP contribution in [-0.2, 0) is 9.54 Å². The highest BCUT2D eigenvalue weighted by molar-refractivity contribution is 8.00. The van der Waals surface area contributed by atoms with Gasteiger partial charge in [0.25, 0.3) is 0 Å². The van der Waals surface area contributed by atoms with Crippen molar-refractivity contribution in [3.63, 3.8) is 0 Å². The van der Waals surface area contributed by atoms with Crippen molar-refractivity contribution in [1.82, 2.24) is 0 Å². The summed E-state index contributed by atoms with van der Waals surface area (Å²) in [6.07, 6.45) is 6.02. The highest BCUT2D eigenvalue weighted by atomic mass is 35.5. The molecule has 0 atom stereocenters. The molecule has 1 aliphatic heterocycles. The number of amides is 1. The highest BCUT2D eigenvalue weighted by Crippen LogP contribution is 2.53. The zero-order valence-corrected chi connectivity index (χ0v) is 19.6. The van der Waals surface area contributed by atoms with Crippen LogP contribution in [0.1, 0.15) is 58.4 Å². The van der Waals surface area contributed by atoms with Gasteiger partial charge in [0.05, 0.1) is 11.1 Å². The zero-order chi connectivity index (χ0) is 21.4. The number of halogens is 1. The number of nitrogens with zero attached hydrogens (tertiary/aromatic N) is 1. The fourth-order valence-corrected chi connectivity index (χ4v) is 6.13. The zero-order valence-electron chi connectivity index (χ0n) is 18.0. The van der Waals surface area contributed by atoms with Crippen LogP contribution in [0, 0.1) is 5.41 Å². The normalized spacial score (nSPS) is 20.3. The summed E-state index contributed by atoms with van der Waals surface area (Å²) in [5.41, 5.74) is 1.65. The minimum absolute atomic E-state index is 0.0212. The molecule has 1 amide bonds. The van der Waals surface area contributed by atoms with Crippen LogP contribution >= 0.6 is 23.4 Å². The van der Waals surface area contributed by atoms with E-state index in [-0.39, 0.29) is 10.7 Å². The minimum Gasteiger partial charge on any atom is -0.490 e. The van der Waals surface area contributed by atoms with E-state index in [1.54, 1.807) is 0 Å². The van der Waals surface area contributed by atoms with E-state index in [2.05, 4.69) is 30.3 Å². The molecular weight excluding hydrogens is 414 g/mol. The molecule has 0 spiro atoms. The summed E-state index contributed by atoms with van der Waals surface area (Å²) in [6.45, 7) is 6.99.